The second-order valence-electron chi connectivity index (χ2n) is 8.16. The predicted molar refractivity (Wildman–Crippen MR) is 113 cm³/mol. The molecule has 1 atom stereocenters. The van der Waals surface area contributed by atoms with Crippen LogP contribution < -0.4 is 10.6 Å². The summed E-state index contributed by atoms with van der Waals surface area (Å²) in [6.45, 7) is 7.23. The van der Waals surface area contributed by atoms with Gasteiger partial charge in [0.15, 0.2) is 0 Å². The summed E-state index contributed by atoms with van der Waals surface area (Å²) in [4.78, 5) is 29.2. The van der Waals surface area contributed by atoms with Crippen molar-refractivity contribution in [3.05, 3.63) is 35.9 Å². The monoisotopic (exact) mass is 402 g/mol. The van der Waals surface area contributed by atoms with Crippen LogP contribution in [0.3, 0.4) is 0 Å². The minimum absolute atomic E-state index is 0.178. The number of hydrogen-bond donors (Lipinski definition) is 2. The van der Waals surface area contributed by atoms with Crippen LogP contribution in [0.2, 0.25) is 0 Å². The summed E-state index contributed by atoms with van der Waals surface area (Å²) >= 11 is 0. The van der Waals surface area contributed by atoms with Crippen molar-refractivity contribution < 1.29 is 14.3 Å². The summed E-state index contributed by atoms with van der Waals surface area (Å²) in [5, 5.41) is 5.43. The van der Waals surface area contributed by atoms with Crippen LogP contribution in [0.25, 0.3) is 0 Å². The van der Waals surface area contributed by atoms with Crippen molar-refractivity contribution in [2.24, 2.45) is 0 Å². The highest BCUT2D eigenvalue weighted by Gasteiger charge is 2.23. The van der Waals surface area contributed by atoms with Crippen LogP contribution in [0, 0.1) is 0 Å². The molecule has 3 rings (SSSR count). The van der Waals surface area contributed by atoms with Gasteiger partial charge in [0.1, 0.15) is 0 Å². The third-order valence-electron chi connectivity index (χ3n) is 5.77. The number of urea groups is 1. The molecule has 0 spiro atoms. The molecule has 0 radical (unpaired) electrons. The van der Waals surface area contributed by atoms with E-state index in [1.165, 1.54) is 0 Å². The van der Waals surface area contributed by atoms with E-state index in [9.17, 15) is 9.59 Å². The van der Waals surface area contributed by atoms with Gasteiger partial charge in [-0.15, -0.1) is 0 Å². The fourth-order valence-electron chi connectivity index (χ4n) is 4.10. The molecular weight excluding hydrogens is 368 g/mol. The van der Waals surface area contributed by atoms with E-state index in [1.54, 1.807) is 0 Å². The van der Waals surface area contributed by atoms with Crippen LogP contribution in [0.4, 0.5) is 4.79 Å². The Labute approximate surface area is 173 Å². The molecule has 1 saturated heterocycles. The molecule has 0 bridgehead atoms. The van der Waals surface area contributed by atoms with Crippen LogP contribution in [-0.2, 0) is 16.1 Å². The summed E-state index contributed by atoms with van der Waals surface area (Å²) in [5.41, 5.74) is 1.16. The highest BCUT2D eigenvalue weighted by Crippen LogP contribution is 2.17. The fourth-order valence-corrected chi connectivity index (χ4v) is 4.10. The fraction of sp³-hybridized carbons (Fsp3) is 0.636. The normalized spacial score (nSPS) is 19.2. The zero-order chi connectivity index (χ0) is 20.5. The van der Waals surface area contributed by atoms with Crippen LogP contribution in [0.5, 0.6) is 0 Å². The maximum atomic E-state index is 12.6. The lowest BCUT2D eigenvalue weighted by Gasteiger charge is -2.34. The van der Waals surface area contributed by atoms with Crippen LogP contribution >= 0.6 is 0 Å². The first-order valence-electron chi connectivity index (χ1n) is 10.8. The topological polar surface area (TPSA) is 73.9 Å². The first kappa shape index (κ1) is 21.7. The Kier molecular flexibility index (Phi) is 8.46. The first-order chi connectivity index (χ1) is 14.1. The molecule has 1 heterocycles. The molecule has 7 nitrogen and oxygen atoms in total. The largest absolute Gasteiger partial charge is 0.379 e. The average molecular weight is 403 g/mol. The van der Waals surface area contributed by atoms with Crippen LogP contribution in [0.1, 0.15) is 38.2 Å². The molecule has 2 fully saturated rings. The summed E-state index contributed by atoms with van der Waals surface area (Å²) in [6, 6.07) is 10.1. The number of benzene rings is 1. The number of imide groups is 1. The van der Waals surface area contributed by atoms with E-state index in [2.05, 4.69) is 39.5 Å². The van der Waals surface area contributed by atoms with Gasteiger partial charge in [-0.2, -0.15) is 0 Å². The molecule has 1 saturated carbocycles. The molecule has 1 aromatic carbocycles. The first-order valence-corrected chi connectivity index (χ1v) is 10.8. The molecule has 1 unspecified atom stereocenters. The average Bonchev–Trinajstić information content (AvgIpc) is 3.21. The number of carbonyl (C=O) groups excluding carboxylic acids is 2. The van der Waals surface area contributed by atoms with Gasteiger partial charge in [0.2, 0.25) is 5.91 Å². The van der Waals surface area contributed by atoms with Crippen molar-refractivity contribution in [3.8, 4) is 0 Å². The molecule has 29 heavy (non-hydrogen) atoms. The molecule has 0 aromatic heterocycles. The van der Waals surface area contributed by atoms with Gasteiger partial charge in [0, 0.05) is 38.3 Å². The Morgan fingerprint density at radius 1 is 1.17 bits per heavy atom. The van der Waals surface area contributed by atoms with Gasteiger partial charge in [0.25, 0.3) is 0 Å². The maximum absolute atomic E-state index is 12.6. The van der Waals surface area contributed by atoms with Crippen molar-refractivity contribution in [3.63, 3.8) is 0 Å². The Balaban J connectivity index is 1.55. The SMILES string of the molecule is CC(CN1CCOCC1)N(CC(=O)NC(=O)NC1CCCC1)Cc1ccccc1. The second kappa shape index (κ2) is 11.3. The van der Waals surface area contributed by atoms with Gasteiger partial charge >= 0.3 is 6.03 Å². The quantitative estimate of drug-likeness (QED) is 0.696. The molecular formula is C22H34N4O3. The van der Waals surface area contributed by atoms with Gasteiger partial charge in [-0.05, 0) is 25.3 Å². The number of rotatable bonds is 8. The number of morpholine rings is 1. The highest BCUT2D eigenvalue weighted by molar-refractivity contribution is 5.95. The molecule has 1 aliphatic heterocycles. The lowest BCUT2D eigenvalue weighted by molar-refractivity contribution is -0.122. The molecule has 1 aliphatic carbocycles. The van der Waals surface area contributed by atoms with Crippen molar-refractivity contribution >= 4 is 11.9 Å². The van der Waals surface area contributed by atoms with Crippen molar-refractivity contribution in [1.29, 1.82) is 0 Å². The van der Waals surface area contributed by atoms with Crippen molar-refractivity contribution in [2.75, 3.05) is 39.4 Å². The zero-order valence-electron chi connectivity index (χ0n) is 17.4. The predicted octanol–water partition coefficient (Wildman–Crippen LogP) is 1.98. The minimum Gasteiger partial charge on any atom is -0.379 e. The van der Waals surface area contributed by atoms with Crippen LogP contribution in [0.15, 0.2) is 30.3 Å². The summed E-state index contributed by atoms with van der Waals surface area (Å²) in [6.07, 6.45) is 4.28. The van der Waals surface area contributed by atoms with E-state index in [-0.39, 0.29) is 30.6 Å². The summed E-state index contributed by atoms with van der Waals surface area (Å²) < 4.78 is 5.44. The number of hydrogen-bond acceptors (Lipinski definition) is 5. The molecule has 1 aromatic rings. The number of nitrogens with zero attached hydrogens (tertiary/aromatic N) is 2. The third kappa shape index (κ3) is 7.42. The number of amides is 3. The Morgan fingerprint density at radius 2 is 1.86 bits per heavy atom. The summed E-state index contributed by atoms with van der Waals surface area (Å²) in [5.74, 6) is -0.259. The third-order valence-corrected chi connectivity index (χ3v) is 5.77. The van der Waals surface area contributed by atoms with E-state index in [0.717, 1.165) is 64.1 Å². The van der Waals surface area contributed by atoms with E-state index in [1.807, 2.05) is 18.2 Å². The van der Waals surface area contributed by atoms with Crippen molar-refractivity contribution in [2.45, 2.75) is 51.2 Å². The zero-order valence-corrected chi connectivity index (χ0v) is 17.4. The lowest BCUT2D eigenvalue weighted by Crippen LogP contribution is -2.51. The lowest BCUT2D eigenvalue weighted by atomic mass is 10.1. The van der Waals surface area contributed by atoms with Crippen molar-refractivity contribution in [1.82, 2.24) is 20.4 Å². The second-order valence-corrected chi connectivity index (χ2v) is 8.16. The smallest absolute Gasteiger partial charge is 0.321 e. The van der Waals surface area contributed by atoms with Gasteiger partial charge < -0.3 is 10.1 Å². The molecule has 3 amide bonds. The van der Waals surface area contributed by atoms with Crippen LogP contribution in [-0.4, -0.2) is 73.2 Å². The van der Waals surface area contributed by atoms with Gasteiger partial charge in [-0.25, -0.2) is 4.79 Å². The summed E-state index contributed by atoms with van der Waals surface area (Å²) in [7, 11) is 0. The van der Waals surface area contributed by atoms with Gasteiger partial charge in [0.05, 0.1) is 19.8 Å². The maximum Gasteiger partial charge on any atom is 0.321 e. The van der Waals surface area contributed by atoms with E-state index in [0.29, 0.717) is 6.54 Å². The van der Waals surface area contributed by atoms with E-state index in [4.69, 9.17) is 4.74 Å². The Hall–Kier alpha value is -1.96. The highest BCUT2D eigenvalue weighted by atomic mass is 16.5. The van der Waals surface area contributed by atoms with E-state index < -0.39 is 0 Å². The minimum atomic E-state index is -0.373. The molecule has 7 heteroatoms. The van der Waals surface area contributed by atoms with Gasteiger partial charge in [-0.3, -0.25) is 19.9 Å². The standard InChI is InChI=1S/C22H34N4O3/c1-18(15-25-11-13-29-14-12-25)26(16-19-7-3-2-4-8-19)17-21(27)24-22(28)23-20-9-5-6-10-20/h2-4,7-8,18,20H,5-6,9-17H2,1H3,(H2,23,24,27,28). The Bertz CT molecular complexity index is 643. The number of nitrogens with one attached hydrogen (secondary N) is 2. The van der Waals surface area contributed by atoms with Gasteiger partial charge in [-0.1, -0.05) is 43.2 Å². The number of carbonyl (C=O) groups is 2. The molecule has 2 aliphatic rings. The molecule has 160 valence electrons. The Morgan fingerprint density at radius 3 is 2.55 bits per heavy atom. The van der Waals surface area contributed by atoms with E-state index >= 15 is 0 Å². The number of ether oxygens (including phenoxy) is 1. The molecule has 2 N–H and O–H groups in total.